The number of rotatable bonds is 3. The smallest absolute Gasteiger partial charge is 0.306 e. The van der Waals surface area contributed by atoms with Crippen LogP contribution in [-0.2, 0) is 9.59 Å². The second-order valence-electron chi connectivity index (χ2n) is 8.05. The molecule has 0 unspecified atom stereocenters. The summed E-state index contributed by atoms with van der Waals surface area (Å²) in [4.78, 5) is 26.0. The monoisotopic (exact) mass is 365 g/mol. The second-order valence-corrected chi connectivity index (χ2v) is 8.05. The average Bonchev–Trinajstić information content (AvgIpc) is 2.73. The minimum Gasteiger partial charge on any atom is -0.481 e. The number of piperidine rings is 1. The highest BCUT2D eigenvalue weighted by Gasteiger charge is 2.33. The summed E-state index contributed by atoms with van der Waals surface area (Å²) in [7, 11) is 0. The molecule has 4 rings (SSSR count). The molecule has 2 aromatic rings. The van der Waals surface area contributed by atoms with Crippen molar-refractivity contribution in [2.24, 2.45) is 11.8 Å². The van der Waals surface area contributed by atoms with E-state index in [1.165, 1.54) is 16.3 Å². The van der Waals surface area contributed by atoms with Crippen LogP contribution in [0.15, 0.2) is 42.5 Å². The van der Waals surface area contributed by atoms with Crippen molar-refractivity contribution < 1.29 is 14.7 Å². The summed E-state index contributed by atoms with van der Waals surface area (Å²) in [6, 6.07) is 15.1. The third kappa shape index (κ3) is 3.71. The van der Waals surface area contributed by atoms with Crippen molar-refractivity contribution in [3.05, 3.63) is 48.0 Å². The van der Waals surface area contributed by atoms with Crippen molar-refractivity contribution in [3.63, 3.8) is 0 Å². The normalized spacial score (nSPS) is 24.1. The third-order valence-corrected chi connectivity index (χ3v) is 6.50. The molecule has 0 spiro atoms. The van der Waals surface area contributed by atoms with Gasteiger partial charge in [0.25, 0.3) is 0 Å². The largest absolute Gasteiger partial charge is 0.481 e. The number of carboxylic acids is 1. The van der Waals surface area contributed by atoms with Crippen LogP contribution >= 0.6 is 0 Å². The Hall–Kier alpha value is -2.36. The van der Waals surface area contributed by atoms with Gasteiger partial charge in [-0.3, -0.25) is 9.59 Å². The third-order valence-electron chi connectivity index (χ3n) is 6.50. The van der Waals surface area contributed by atoms with Gasteiger partial charge in [0.15, 0.2) is 0 Å². The first kappa shape index (κ1) is 18.0. The first-order chi connectivity index (χ1) is 13.1. The quantitative estimate of drug-likeness (QED) is 0.875. The van der Waals surface area contributed by atoms with Crippen LogP contribution in [0.3, 0.4) is 0 Å². The molecule has 1 N–H and O–H groups in total. The molecule has 1 aliphatic heterocycles. The lowest BCUT2D eigenvalue weighted by Crippen LogP contribution is -2.42. The van der Waals surface area contributed by atoms with Gasteiger partial charge in [-0.15, -0.1) is 0 Å². The number of hydrogen-bond acceptors (Lipinski definition) is 2. The van der Waals surface area contributed by atoms with Gasteiger partial charge >= 0.3 is 5.97 Å². The molecule has 2 aliphatic rings. The molecule has 1 aliphatic carbocycles. The second kappa shape index (κ2) is 7.71. The lowest BCUT2D eigenvalue weighted by atomic mass is 9.80. The van der Waals surface area contributed by atoms with Crippen molar-refractivity contribution in [2.75, 3.05) is 13.1 Å². The van der Waals surface area contributed by atoms with Crippen molar-refractivity contribution >= 4 is 22.6 Å². The van der Waals surface area contributed by atoms with Gasteiger partial charge in [0.05, 0.1) is 5.92 Å². The molecule has 4 nitrogen and oxygen atoms in total. The predicted molar refractivity (Wildman–Crippen MR) is 106 cm³/mol. The summed E-state index contributed by atoms with van der Waals surface area (Å²) < 4.78 is 0. The molecule has 1 amide bonds. The lowest BCUT2D eigenvalue weighted by Gasteiger charge is -2.36. The van der Waals surface area contributed by atoms with Crippen molar-refractivity contribution in [1.29, 1.82) is 0 Å². The average molecular weight is 365 g/mol. The highest BCUT2D eigenvalue weighted by Crippen LogP contribution is 2.35. The molecule has 27 heavy (non-hydrogen) atoms. The summed E-state index contributed by atoms with van der Waals surface area (Å²) >= 11 is 0. The number of benzene rings is 2. The molecule has 0 atom stereocenters. The van der Waals surface area contributed by atoms with Crippen molar-refractivity contribution in [2.45, 2.75) is 44.4 Å². The van der Waals surface area contributed by atoms with Crippen LogP contribution in [0.1, 0.15) is 50.0 Å². The zero-order valence-electron chi connectivity index (χ0n) is 15.6. The highest BCUT2D eigenvalue weighted by atomic mass is 16.4. The first-order valence-electron chi connectivity index (χ1n) is 10.1. The van der Waals surface area contributed by atoms with E-state index >= 15 is 0 Å². The topological polar surface area (TPSA) is 57.6 Å². The van der Waals surface area contributed by atoms with Gasteiger partial charge in [-0.1, -0.05) is 42.5 Å². The molecule has 0 radical (unpaired) electrons. The standard InChI is InChI=1S/C23H27NO3/c25-22(18-8-10-19(11-9-18)23(26)27)24-14-12-17(13-15-24)21-7-3-5-16-4-1-2-6-20(16)21/h1-7,17-19H,8-15H2,(H,26,27). The van der Waals surface area contributed by atoms with E-state index in [9.17, 15) is 9.59 Å². The minimum absolute atomic E-state index is 0.0229. The number of likely N-dealkylation sites (tertiary alicyclic amines) is 1. The lowest BCUT2D eigenvalue weighted by molar-refractivity contribution is -0.146. The number of carbonyl (C=O) groups excluding carboxylic acids is 1. The van der Waals surface area contributed by atoms with Crippen LogP contribution in [0.2, 0.25) is 0 Å². The van der Waals surface area contributed by atoms with Crippen LogP contribution in [0.25, 0.3) is 10.8 Å². The van der Waals surface area contributed by atoms with Crippen LogP contribution in [0.5, 0.6) is 0 Å². The van der Waals surface area contributed by atoms with E-state index in [0.717, 1.165) is 38.8 Å². The molecule has 2 aromatic carbocycles. The van der Waals surface area contributed by atoms with Gasteiger partial charge in [0.1, 0.15) is 0 Å². The number of aliphatic carboxylic acids is 1. The Morgan fingerprint density at radius 3 is 2.15 bits per heavy atom. The van der Waals surface area contributed by atoms with E-state index < -0.39 is 5.97 Å². The van der Waals surface area contributed by atoms with E-state index in [2.05, 4.69) is 42.5 Å². The fourth-order valence-corrected chi connectivity index (χ4v) is 4.86. The van der Waals surface area contributed by atoms with Crippen molar-refractivity contribution in [3.8, 4) is 0 Å². The van der Waals surface area contributed by atoms with Gasteiger partial charge in [-0.25, -0.2) is 0 Å². The predicted octanol–water partition coefficient (Wildman–Crippen LogP) is 4.44. The minimum atomic E-state index is -0.711. The summed E-state index contributed by atoms with van der Waals surface area (Å²) in [5.74, 6) is -0.198. The van der Waals surface area contributed by atoms with Gasteiger partial charge < -0.3 is 10.0 Å². The molecular weight excluding hydrogens is 338 g/mol. The Labute approximate surface area is 160 Å². The zero-order chi connectivity index (χ0) is 18.8. The molecule has 0 aromatic heterocycles. The Balaban J connectivity index is 1.37. The molecule has 4 heteroatoms. The van der Waals surface area contributed by atoms with Gasteiger partial charge in [0.2, 0.25) is 5.91 Å². The molecule has 0 bridgehead atoms. The summed E-state index contributed by atoms with van der Waals surface area (Å²) in [6.07, 6.45) is 4.73. The number of amides is 1. The van der Waals surface area contributed by atoms with Crippen LogP contribution < -0.4 is 0 Å². The summed E-state index contributed by atoms with van der Waals surface area (Å²) in [6.45, 7) is 1.62. The van der Waals surface area contributed by atoms with E-state index in [-0.39, 0.29) is 17.7 Å². The number of fused-ring (bicyclic) bond motifs is 1. The molecule has 1 saturated carbocycles. The Kier molecular flexibility index (Phi) is 5.15. The Morgan fingerprint density at radius 1 is 0.815 bits per heavy atom. The maximum Gasteiger partial charge on any atom is 0.306 e. The van der Waals surface area contributed by atoms with Gasteiger partial charge in [-0.05, 0) is 60.8 Å². The first-order valence-corrected chi connectivity index (χ1v) is 10.1. The van der Waals surface area contributed by atoms with Gasteiger partial charge in [0, 0.05) is 19.0 Å². The number of nitrogens with zero attached hydrogens (tertiary/aromatic N) is 1. The molecule has 2 fully saturated rings. The maximum atomic E-state index is 12.9. The number of carbonyl (C=O) groups is 2. The maximum absolute atomic E-state index is 12.9. The highest BCUT2D eigenvalue weighted by molar-refractivity contribution is 5.86. The number of carboxylic acid groups (broad SMARTS) is 1. The molecule has 1 saturated heterocycles. The van der Waals surface area contributed by atoms with E-state index in [1.54, 1.807) is 0 Å². The Bertz CT molecular complexity index is 825. The van der Waals surface area contributed by atoms with E-state index in [0.29, 0.717) is 18.8 Å². The summed E-state index contributed by atoms with van der Waals surface area (Å²) in [5.41, 5.74) is 1.40. The van der Waals surface area contributed by atoms with Crippen molar-refractivity contribution in [1.82, 2.24) is 4.90 Å². The zero-order valence-corrected chi connectivity index (χ0v) is 15.6. The Morgan fingerprint density at radius 2 is 1.44 bits per heavy atom. The van der Waals surface area contributed by atoms with Crippen LogP contribution in [0.4, 0.5) is 0 Å². The number of hydrogen-bond donors (Lipinski definition) is 1. The van der Waals surface area contributed by atoms with Gasteiger partial charge in [-0.2, -0.15) is 0 Å². The molecule has 142 valence electrons. The molecular formula is C23H27NO3. The fourth-order valence-electron chi connectivity index (χ4n) is 4.86. The van der Waals surface area contributed by atoms with Crippen LogP contribution in [0, 0.1) is 11.8 Å². The SMILES string of the molecule is O=C(O)C1CCC(C(=O)N2CCC(c3cccc4ccccc34)CC2)CC1. The molecule has 1 heterocycles. The van der Waals surface area contributed by atoms with E-state index in [4.69, 9.17) is 5.11 Å². The van der Waals surface area contributed by atoms with Crippen LogP contribution in [-0.4, -0.2) is 35.0 Å². The van der Waals surface area contributed by atoms with E-state index in [1.807, 2.05) is 4.90 Å². The summed E-state index contributed by atoms with van der Waals surface area (Å²) in [5, 5.41) is 11.7. The fraction of sp³-hybridized carbons (Fsp3) is 0.478.